The molecule has 0 spiro atoms. The normalized spacial score (nSPS) is 12.4. The maximum atomic E-state index is 5.84. The summed E-state index contributed by atoms with van der Waals surface area (Å²) in [6.07, 6.45) is 2.73. The third kappa shape index (κ3) is 2.68. The minimum atomic E-state index is 0.134. The Hall–Kier alpha value is -1.74. The highest BCUT2D eigenvalue weighted by Crippen LogP contribution is 2.21. The molecule has 0 saturated carbocycles. The topological polar surface area (TPSA) is 51.8 Å². The number of benzene rings is 1. The van der Waals surface area contributed by atoms with Gasteiger partial charge in [0.2, 0.25) is 0 Å². The molecule has 1 unspecified atom stereocenters. The van der Waals surface area contributed by atoms with Gasteiger partial charge in [-0.05, 0) is 29.7 Å². The van der Waals surface area contributed by atoms with Crippen LogP contribution in [0.15, 0.2) is 42.6 Å². The van der Waals surface area contributed by atoms with Crippen LogP contribution in [0.3, 0.4) is 0 Å². The fourth-order valence-electron chi connectivity index (χ4n) is 1.91. The first-order valence-corrected chi connectivity index (χ1v) is 5.91. The van der Waals surface area contributed by atoms with Crippen LogP contribution in [0, 0.1) is 0 Å². The molecule has 0 aliphatic rings. The first-order valence-electron chi connectivity index (χ1n) is 5.91. The van der Waals surface area contributed by atoms with E-state index in [4.69, 9.17) is 5.73 Å². The molecule has 0 aliphatic heterocycles. The Balaban J connectivity index is 2.29. The summed E-state index contributed by atoms with van der Waals surface area (Å²) < 4.78 is 0. The van der Waals surface area contributed by atoms with Crippen LogP contribution >= 0.6 is 0 Å². The van der Waals surface area contributed by atoms with Crippen LogP contribution in [0.5, 0.6) is 0 Å². The predicted molar refractivity (Wildman–Crippen MR) is 68.7 cm³/mol. The zero-order valence-electron chi connectivity index (χ0n) is 10.0. The van der Waals surface area contributed by atoms with E-state index in [0.29, 0.717) is 6.54 Å². The predicted octanol–water partition coefficient (Wildman–Crippen LogP) is 2.13. The van der Waals surface area contributed by atoms with Gasteiger partial charge in [0.25, 0.3) is 0 Å². The van der Waals surface area contributed by atoms with Gasteiger partial charge in [0, 0.05) is 18.7 Å². The smallest absolute Gasteiger partial charge is 0.0718 e. The van der Waals surface area contributed by atoms with Crippen molar-refractivity contribution in [2.75, 3.05) is 6.54 Å². The van der Waals surface area contributed by atoms with Crippen molar-refractivity contribution in [3.63, 3.8) is 0 Å². The lowest BCUT2D eigenvalue weighted by Gasteiger charge is -2.14. The fraction of sp³-hybridized carbons (Fsp3) is 0.286. The van der Waals surface area contributed by atoms with E-state index in [1.807, 2.05) is 12.1 Å². The number of aromatic nitrogens is 2. The molecule has 0 amide bonds. The third-order valence-corrected chi connectivity index (χ3v) is 2.98. The van der Waals surface area contributed by atoms with Crippen molar-refractivity contribution in [3.8, 4) is 0 Å². The Morgan fingerprint density at radius 1 is 1.18 bits per heavy atom. The molecule has 1 aromatic heterocycles. The molecule has 2 aromatic rings. The molecule has 2 rings (SSSR count). The van der Waals surface area contributed by atoms with Gasteiger partial charge in [0.1, 0.15) is 0 Å². The molecule has 1 aromatic carbocycles. The van der Waals surface area contributed by atoms with E-state index in [0.717, 1.165) is 12.1 Å². The van der Waals surface area contributed by atoms with Gasteiger partial charge in [-0.1, -0.05) is 31.2 Å². The zero-order valence-corrected chi connectivity index (χ0v) is 10.0. The quantitative estimate of drug-likeness (QED) is 0.870. The maximum absolute atomic E-state index is 5.84. The lowest BCUT2D eigenvalue weighted by molar-refractivity contribution is 0.760. The number of aryl methyl sites for hydroxylation is 1. The highest BCUT2D eigenvalue weighted by Gasteiger charge is 2.13. The third-order valence-electron chi connectivity index (χ3n) is 2.98. The SMILES string of the molecule is CCc1ccc(C(CN)c2cccnn2)cc1. The van der Waals surface area contributed by atoms with E-state index in [9.17, 15) is 0 Å². The number of hydrogen-bond donors (Lipinski definition) is 1. The summed E-state index contributed by atoms with van der Waals surface area (Å²) in [7, 11) is 0. The van der Waals surface area contributed by atoms with E-state index in [-0.39, 0.29) is 5.92 Å². The molecule has 3 heteroatoms. The van der Waals surface area contributed by atoms with Crippen molar-refractivity contribution >= 4 is 0 Å². The van der Waals surface area contributed by atoms with Gasteiger partial charge in [0.15, 0.2) is 0 Å². The standard InChI is InChI=1S/C14H17N3/c1-2-11-5-7-12(8-6-11)13(10-15)14-4-3-9-16-17-14/h3-9,13H,2,10,15H2,1H3. The summed E-state index contributed by atoms with van der Waals surface area (Å²) >= 11 is 0. The van der Waals surface area contributed by atoms with Gasteiger partial charge in [-0.15, -0.1) is 0 Å². The summed E-state index contributed by atoms with van der Waals surface area (Å²) in [6.45, 7) is 2.70. The van der Waals surface area contributed by atoms with Gasteiger partial charge in [-0.2, -0.15) is 10.2 Å². The monoisotopic (exact) mass is 227 g/mol. The van der Waals surface area contributed by atoms with Gasteiger partial charge in [-0.3, -0.25) is 0 Å². The van der Waals surface area contributed by atoms with E-state index >= 15 is 0 Å². The molecule has 88 valence electrons. The maximum Gasteiger partial charge on any atom is 0.0718 e. The molecular weight excluding hydrogens is 210 g/mol. The van der Waals surface area contributed by atoms with Crippen molar-refractivity contribution in [2.45, 2.75) is 19.3 Å². The Kier molecular flexibility index (Phi) is 3.83. The van der Waals surface area contributed by atoms with Crippen molar-refractivity contribution < 1.29 is 0 Å². The summed E-state index contributed by atoms with van der Waals surface area (Å²) in [5.74, 6) is 0.134. The van der Waals surface area contributed by atoms with Crippen molar-refractivity contribution in [3.05, 3.63) is 59.4 Å². The van der Waals surface area contributed by atoms with Crippen molar-refractivity contribution in [1.82, 2.24) is 10.2 Å². The number of hydrogen-bond acceptors (Lipinski definition) is 3. The number of rotatable bonds is 4. The van der Waals surface area contributed by atoms with Crippen LogP contribution in [0.2, 0.25) is 0 Å². The second kappa shape index (κ2) is 5.55. The average molecular weight is 227 g/mol. The minimum Gasteiger partial charge on any atom is -0.329 e. The van der Waals surface area contributed by atoms with Crippen molar-refractivity contribution in [1.29, 1.82) is 0 Å². The molecule has 0 fully saturated rings. The molecule has 0 bridgehead atoms. The summed E-state index contributed by atoms with van der Waals surface area (Å²) in [5, 5.41) is 8.05. The highest BCUT2D eigenvalue weighted by molar-refractivity contribution is 5.31. The Morgan fingerprint density at radius 2 is 1.94 bits per heavy atom. The molecule has 1 heterocycles. The Morgan fingerprint density at radius 3 is 2.47 bits per heavy atom. The van der Waals surface area contributed by atoms with E-state index < -0.39 is 0 Å². The lowest BCUT2D eigenvalue weighted by atomic mass is 9.94. The molecule has 1 atom stereocenters. The fourth-order valence-corrected chi connectivity index (χ4v) is 1.91. The van der Waals surface area contributed by atoms with Crippen LogP contribution in [-0.2, 0) is 6.42 Å². The average Bonchev–Trinajstić information content (AvgIpc) is 2.42. The Labute approximate surface area is 102 Å². The molecule has 3 nitrogen and oxygen atoms in total. The summed E-state index contributed by atoms with van der Waals surface area (Å²) in [5.41, 5.74) is 9.31. The first-order chi connectivity index (χ1) is 8.35. The molecule has 2 N–H and O–H groups in total. The lowest BCUT2D eigenvalue weighted by Crippen LogP contribution is -2.15. The zero-order chi connectivity index (χ0) is 12.1. The van der Waals surface area contributed by atoms with Gasteiger partial charge >= 0.3 is 0 Å². The van der Waals surface area contributed by atoms with Crippen molar-refractivity contribution in [2.24, 2.45) is 5.73 Å². The second-order valence-electron chi connectivity index (χ2n) is 4.03. The van der Waals surface area contributed by atoms with E-state index in [1.54, 1.807) is 6.20 Å². The molecule has 0 aliphatic carbocycles. The molecule has 17 heavy (non-hydrogen) atoms. The minimum absolute atomic E-state index is 0.134. The van der Waals surface area contributed by atoms with E-state index in [2.05, 4.69) is 41.4 Å². The van der Waals surface area contributed by atoms with Gasteiger partial charge in [0.05, 0.1) is 5.69 Å². The van der Waals surface area contributed by atoms with Crippen LogP contribution in [0.25, 0.3) is 0 Å². The summed E-state index contributed by atoms with van der Waals surface area (Å²) in [6, 6.07) is 12.4. The number of nitrogens with two attached hydrogens (primary N) is 1. The van der Waals surface area contributed by atoms with Crippen LogP contribution in [-0.4, -0.2) is 16.7 Å². The molecular formula is C14H17N3. The molecule has 0 saturated heterocycles. The Bertz CT molecular complexity index is 451. The molecule has 0 radical (unpaired) electrons. The largest absolute Gasteiger partial charge is 0.329 e. The highest BCUT2D eigenvalue weighted by atomic mass is 15.1. The first kappa shape index (κ1) is 11.7. The summed E-state index contributed by atoms with van der Waals surface area (Å²) in [4.78, 5) is 0. The van der Waals surface area contributed by atoms with Crippen LogP contribution in [0.4, 0.5) is 0 Å². The van der Waals surface area contributed by atoms with Crippen LogP contribution < -0.4 is 5.73 Å². The van der Waals surface area contributed by atoms with Crippen LogP contribution in [0.1, 0.15) is 29.7 Å². The number of nitrogens with zero attached hydrogens (tertiary/aromatic N) is 2. The van der Waals surface area contributed by atoms with Gasteiger partial charge in [-0.25, -0.2) is 0 Å². The second-order valence-corrected chi connectivity index (χ2v) is 4.03. The van der Waals surface area contributed by atoms with E-state index in [1.165, 1.54) is 11.1 Å². The van der Waals surface area contributed by atoms with Gasteiger partial charge < -0.3 is 5.73 Å².